The fourth-order valence-electron chi connectivity index (χ4n) is 2.02. The van der Waals surface area contributed by atoms with Crippen molar-refractivity contribution in [2.75, 3.05) is 13.2 Å². The van der Waals surface area contributed by atoms with E-state index in [1.807, 2.05) is 13.8 Å². The third-order valence-corrected chi connectivity index (χ3v) is 2.89. The van der Waals surface area contributed by atoms with E-state index in [1.165, 1.54) is 0 Å². The molecule has 15 heavy (non-hydrogen) atoms. The predicted molar refractivity (Wildman–Crippen MR) is 58.8 cm³/mol. The van der Waals surface area contributed by atoms with Crippen LogP contribution in [0.4, 0.5) is 0 Å². The van der Waals surface area contributed by atoms with Crippen LogP contribution in [0, 0.1) is 17.8 Å². The number of nitrogens with one attached hydrogen (secondary N) is 1. The number of carbonyl (C=O) groups is 1. The van der Waals surface area contributed by atoms with Crippen LogP contribution in [-0.4, -0.2) is 19.1 Å². The molecule has 2 unspecified atom stereocenters. The molecule has 0 radical (unpaired) electrons. The molecule has 1 rings (SSSR count). The van der Waals surface area contributed by atoms with Crippen LogP contribution in [0.2, 0.25) is 0 Å². The summed E-state index contributed by atoms with van der Waals surface area (Å²) in [5.41, 5.74) is 8.14. The van der Waals surface area contributed by atoms with Gasteiger partial charge in [0.05, 0.1) is 6.61 Å². The molecule has 1 saturated carbocycles. The molecule has 2 atom stereocenters. The van der Waals surface area contributed by atoms with Crippen LogP contribution in [-0.2, 0) is 9.63 Å². The summed E-state index contributed by atoms with van der Waals surface area (Å²) in [6.07, 6.45) is 3.11. The molecule has 0 aromatic heterocycles. The maximum atomic E-state index is 11.7. The predicted octanol–water partition coefficient (Wildman–Crippen LogP) is 1.07. The Bertz CT molecular complexity index is 207. The zero-order valence-corrected chi connectivity index (χ0v) is 9.66. The van der Waals surface area contributed by atoms with Gasteiger partial charge in [-0.1, -0.05) is 20.3 Å². The van der Waals surface area contributed by atoms with Gasteiger partial charge in [-0.05, 0) is 31.2 Å². The zero-order chi connectivity index (χ0) is 11.3. The molecule has 0 aromatic carbocycles. The molecule has 0 heterocycles. The highest BCUT2D eigenvalue weighted by Crippen LogP contribution is 2.30. The van der Waals surface area contributed by atoms with Crippen molar-refractivity contribution in [2.24, 2.45) is 23.5 Å². The smallest absolute Gasteiger partial charge is 0.246 e. The first-order chi connectivity index (χ1) is 7.15. The fourth-order valence-corrected chi connectivity index (χ4v) is 2.02. The van der Waals surface area contributed by atoms with Gasteiger partial charge in [0.1, 0.15) is 0 Å². The van der Waals surface area contributed by atoms with Crippen LogP contribution in [0.5, 0.6) is 0 Å². The molecule has 0 aliphatic heterocycles. The molecule has 3 N–H and O–H groups in total. The van der Waals surface area contributed by atoms with Gasteiger partial charge < -0.3 is 5.73 Å². The Morgan fingerprint density at radius 3 is 2.87 bits per heavy atom. The molecular formula is C11H22N2O2. The van der Waals surface area contributed by atoms with Gasteiger partial charge in [0, 0.05) is 5.92 Å². The van der Waals surface area contributed by atoms with E-state index in [-0.39, 0.29) is 11.8 Å². The van der Waals surface area contributed by atoms with Crippen molar-refractivity contribution in [3.8, 4) is 0 Å². The minimum atomic E-state index is 0.00333. The fraction of sp³-hybridized carbons (Fsp3) is 0.909. The molecular weight excluding hydrogens is 192 g/mol. The topological polar surface area (TPSA) is 64.3 Å². The highest BCUT2D eigenvalue weighted by atomic mass is 16.6. The van der Waals surface area contributed by atoms with Crippen molar-refractivity contribution < 1.29 is 9.63 Å². The Balaban J connectivity index is 2.27. The van der Waals surface area contributed by atoms with Gasteiger partial charge in [0.15, 0.2) is 0 Å². The summed E-state index contributed by atoms with van der Waals surface area (Å²) < 4.78 is 0. The number of amides is 1. The number of hydroxylamine groups is 1. The Labute approximate surface area is 91.5 Å². The Morgan fingerprint density at radius 1 is 1.53 bits per heavy atom. The van der Waals surface area contributed by atoms with Gasteiger partial charge in [0.25, 0.3) is 0 Å². The average molecular weight is 214 g/mol. The van der Waals surface area contributed by atoms with Crippen molar-refractivity contribution >= 4 is 5.91 Å². The minimum absolute atomic E-state index is 0.00333. The second-order valence-electron chi connectivity index (χ2n) is 4.70. The van der Waals surface area contributed by atoms with Crippen molar-refractivity contribution in [1.29, 1.82) is 0 Å². The van der Waals surface area contributed by atoms with Crippen LogP contribution >= 0.6 is 0 Å². The standard InChI is InChI=1S/C11H22N2O2/c1-8(2)7-15-13-11(14)10-5-3-4-9(10)6-12/h8-10H,3-7,12H2,1-2H3,(H,13,14). The molecule has 1 amide bonds. The minimum Gasteiger partial charge on any atom is -0.330 e. The van der Waals surface area contributed by atoms with Crippen molar-refractivity contribution in [3.63, 3.8) is 0 Å². The number of carbonyl (C=O) groups excluding carboxylic acids is 1. The summed E-state index contributed by atoms with van der Waals surface area (Å²) in [4.78, 5) is 16.8. The molecule has 0 aromatic rings. The summed E-state index contributed by atoms with van der Waals surface area (Å²) in [7, 11) is 0. The third-order valence-electron chi connectivity index (χ3n) is 2.89. The average Bonchev–Trinajstić information content (AvgIpc) is 2.64. The molecule has 0 spiro atoms. The van der Waals surface area contributed by atoms with E-state index in [0.29, 0.717) is 25.0 Å². The Hall–Kier alpha value is -0.610. The number of hydrogen-bond acceptors (Lipinski definition) is 3. The second-order valence-corrected chi connectivity index (χ2v) is 4.70. The van der Waals surface area contributed by atoms with Crippen molar-refractivity contribution in [2.45, 2.75) is 33.1 Å². The maximum absolute atomic E-state index is 11.7. The van der Waals surface area contributed by atoms with Crippen molar-refractivity contribution in [1.82, 2.24) is 5.48 Å². The molecule has 4 heteroatoms. The summed E-state index contributed by atoms with van der Waals surface area (Å²) in [5, 5.41) is 0. The first-order valence-electron chi connectivity index (χ1n) is 5.76. The molecule has 1 aliphatic rings. The Morgan fingerprint density at radius 2 is 2.27 bits per heavy atom. The molecule has 1 fully saturated rings. The van der Waals surface area contributed by atoms with Gasteiger partial charge in [-0.15, -0.1) is 0 Å². The van der Waals surface area contributed by atoms with Gasteiger partial charge >= 0.3 is 0 Å². The van der Waals surface area contributed by atoms with E-state index in [2.05, 4.69) is 5.48 Å². The SMILES string of the molecule is CC(C)CONC(=O)C1CCCC1CN. The summed E-state index contributed by atoms with van der Waals surface area (Å²) in [6, 6.07) is 0. The van der Waals surface area contributed by atoms with E-state index in [4.69, 9.17) is 10.6 Å². The summed E-state index contributed by atoms with van der Waals surface area (Å²) in [5.74, 6) is 0.831. The van der Waals surface area contributed by atoms with Crippen LogP contribution < -0.4 is 11.2 Å². The highest BCUT2D eigenvalue weighted by molar-refractivity contribution is 5.78. The van der Waals surface area contributed by atoms with Crippen molar-refractivity contribution in [3.05, 3.63) is 0 Å². The largest absolute Gasteiger partial charge is 0.330 e. The van der Waals surface area contributed by atoms with E-state index >= 15 is 0 Å². The van der Waals surface area contributed by atoms with Gasteiger partial charge in [-0.25, -0.2) is 5.48 Å². The highest BCUT2D eigenvalue weighted by Gasteiger charge is 2.31. The maximum Gasteiger partial charge on any atom is 0.246 e. The Kier molecular flexibility index (Phi) is 5.05. The first kappa shape index (κ1) is 12.5. The van der Waals surface area contributed by atoms with E-state index in [0.717, 1.165) is 19.3 Å². The molecule has 0 saturated heterocycles. The monoisotopic (exact) mass is 214 g/mol. The van der Waals surface area contributed by atoms with Gasteiger partial charge in [-0.2, -0.15) is 0 Å². The lowest BCUT2D eigenvalue weighted by Crippen LogP contribution is -2.35. The molecule has 4 nitrogen and oxygen atoms in total. The second kappa shape index (κ2) is 6.08. The van der Waals surface area contributed by atoms with Crippen LogP contribution in [0.3, 0.4) is 0 Å². The lowest BCUT2D eigenvalue weighted by Gasteiger charge is -2.17. The number of rotatable bonds is 5. The summed E-state index contributed by atoms with van der Waals surface area (Å²) in [6.45, 7) is 5.25. The molecule has 0 bridgehead atoms. The first-order valence-corrected chi connectivity index (χ1v) is 5.76. The summed E-state index contributed by atoms with van der Waals surface area (Å²) >= 11 is 0. The van der Waals surface area contributed by atoms with Crippen LogP contribution in [0.25, 0.3) is 0 Å². The lowest BCUT2D eigenvalue weighted by molar-refractivity contribution is -0.139. The van der Waals surface area contributed by atoms with E-state index in [9.17, 15) is 4.79 Å². The van der Waals surface area contributed by atoms with Crippen LogP contribution in [0.15, 0.2) is 0 Å². The number of hydrogen-bond donors (Lipinski definition) is 2. The zero-order valence-electron chi connectivity index (χ0n) is 9.66. The van der Waals surface area contributed by atoms with Gasteiger partial charge in [0.2, 0.25) is 5.91 Å². The molecule has 88 valence electrons. The number of nitrogens with two attached hydrogens (primary N) is 1. The third kappa shape index (κ3) is 3.80. The normalized spacial score (nSPS) is 25.9. The molecule has 1 aliphatic carbocycles. The van der Waals surface area contributed by atoms with Crippen LogP contribution in [0.1, 0.15) is 33.1 Å². The van der Waals surface area contributed by atoms with Gasteiger partial charge in [-0.3, -0.25) is 9.63 Å². The van der Waals surface area contributed by atoms with E-state index < -0.39 is 0 Å². The lowest BCUT2D eigenvalue weighted by atomic mass is 9.96. The van der Waals surface area contributed by atoms with E-state index in [1.54, 1.807) is 0 Å². The quantitative estimate of drug-likeness (QED) is 0.673.